The van der Waals surface area contributed by atoms with Crippen molar-refractivity contribution in [2.24, 2.45) is 5.92 Å². The van der Waals surface area contributed by atoms with E-state index in [0.717, 1.165) is 16.3 Å². The Bertz CT molecular complexity index is 463. The monoisotopic (exact) mass is 280 g/mol. The number of amides is 1. The van der Waals surface area contributed by atoms with Gasteiger partial charge < -0.3 is 15.4 Å². The molecule has 5 heteroatoms. The van der Waals surface area contributed by atoms with Crippen LogP contribution in [-0.4, -0.2) is 31.4 Å². The fourth-order valence-electron chi connectivity index (χ4n) is 1.97. The number of nitrogens with one attached hydrogen (secondary N) is 2. The maximum Gasteiger partial charge on any atom is 0.234 e. The van der Waals surface area contributed by atoms with Crippen molar-refractivity contribution < 1.29 is 9.53 Å². The van der Waals surface area contributed by atoms with Gasteiger partial charge in [-0.2, -0.15) is 0 Å². The topological polar surface area (TPSA) is 50.4 Å². The normalized spacial score (nSPS) is 15.9. The first-order valence-electron chi connectivity index (χ1n) is 6.42. The van der Waals surface area contributed by atoms with Gasteiger partial charge in [-0.3, -0.25) is 4.79 Å². The number of ether oxygens (including phenoxy) is 1. The summed E-state index contributed by atoms with van der Waals surface area (Å²) in [4.78, 5) is 12.5. The Morgan fingerprint density at radius 2 is 2.26 bits per heavy atom. The minimum Gasteiger partial charge on any atom is -0.383 e. The smallest absolute Gasteiger partial charge is 0.234 e. The molecule has 1 amide bonds. The second-order valence-corrected chi connectivity index (χ2v) is 6.02. The summed E-state index contributed by atoms with van der Waals surface area (Å²) in [6.45, 7) is 4.98. The van der Waals surface area contributed by atoms with E-state index in [1.165, 1.54) is 0 Å². The zero-order valence-corrected chi connectivity index (χ0v) is 12.3. The first kappa shape index (κ1) is 14.2. The van der Waals surface area contributed by atoms with Gasteiger partial charge in [-0.25, -0.2) is 0 Å². The third kappa shape index (κ3) is 3.64. The first-order valence-corrected chi connectivity index (χ1v) is 7.41. The van der Waals surface area contributed by atoms with Crippen molar-refractivity contribution in [3.05, 3.63) is 18.2 Å². The Labute approximate surface area is 118 Å². The summed E-state index contributed by atoms with van der Waals surface area (Å²) < 4.78 is 5.23. The molecule has 1 heterocycles. The molecule has 19 heavy (non-hydrogen) atoms. The largest absolute Gasteiger partial charge is 0.383 e. The standard InChI is InChI=1S/C14H20N2O2S/c1-9(2)12(7-18-3)15-10-4-5-13-11(6-10)16-14(17)8-19-13/h4-6,9,12,15H,7-8H2,1-3H3,(H,16,17). The fraction of sp³-hybridized carbons (Fsp3) is 0.500. The van der Waals surface area contributed by atoms with E-state index >= 15 is 0 Å². The van der Waals surface area contributed by atoms with Gasteiger partial charge in [-0.15, -0.1) is 11.8 Å². The minimum absolute atomic E-state index is 0.0620. The number of fused-ring (bicyclic) bond motifs is 1. The predicted molar refractivity (Wildman–Crippen MR) is 79.9 cm³/mol. The molecule has 0 saturated heterocycles. The van der Waals surface area contributed by atoms with Gasteiger partial charge in [0, 0.05) is 17.7 Å². The van der Waals surface area contributed by atoms with Crippen molar-refractivity contribution in [1.29, 1.82) is 0 Å². The van der Waals surface area contributed by atoms with Crippen molar-refractivity contribution in [3.8, 4) is 0 Å². The van der Waals surface area contributed by atoms with E-state index in [0.29, 0.717) is 18.3 Å². The molecule has 4 nitrogen and oxygen atoms in total. The van der Waals surface area contributed by atoms with Crippen molar-refractivity contribution in [2.45, 2.75) is 24.8 Å². The molecule has 1 aromatic carbocycles. The molecule has 1 aromatic rings. The van der Waals surface area contributed by atoms with Crippen molar-refractivity contribution in [2.75, 3.05) is 30.1 Å². The molecule has 1 unspecified atom stereocenters. The Morgan fingerprint density at radius 3 is 2.95 bits per heavy atom. The molecule has 0 bridgehead atoms. The number of rotatable bonds is 5. The van der Waals surface area contributed by atoms with Gasteiger partial charge in [-0.1, -0.05) is 13.8 Å². The maximum absolute atomic E-state index is 11.4. The third-order valence-electron chi connectivity index (χ3n) is 3.12. The highest BCUT2D eigenvalue weighted by Gasteiger charge is 2.17. The molecule has 2 N–H and O–H groups in total. The summed E-state index contributed by atoms with van der Waals surface area (Å²) in [5.41, 5.74) is 1.91. The van der Waals surface area contributed by atoms with Crippen LogP contribution in [0.4, 0.5) is 11.4 Å². The Hall–Kier alpha value is -1.20. The summed E-state index contributed by atoms with van der Waals surface area (Å²) in [5.74, 6) is 1.03. The molecule has 0 aliphatic carbocycles. The Kier molecular flexibility index (Phi) is 4.71. The number of thioether (sulfide) groups is 1. The summed E-state index contributed by atoms with van der Waals surface area (Å²) in [6, 6.07) is 6.35. The number of carbonyl (C=O) groups excluding carboxylic acids is 1. The highest BCUT2D eigenvalue weighted by Crippen LogP contribution is 2.33. The molecule has 104 valence electrons. The van der Waals surface area contributed by atoms with Crippen LogP contribution < -0.4 is 10.6 Å². The molecule has 2 rings (SSSR count). The van der Waals surface area contributed by atoms with Crippen LogP contribution in [0.2, 0.25) is 0 Å². The van der Waals surface area contributed by atoms with Gasteiger partial charge in [0.15, 0.2) is 0 Å². The highest BCUT2D eigenvalue weighted by atomic mass is 32.2. The van der Waals surface area contributed by atoms with Crippen LogP contribution in [0.15, 0.2) is 23.1 Å². The quantitative estimate of drug-likeness (QED) is 0.871. The summed E-state index contributed by atoms with van der Waals surface area (Å²) in [6.07, 6.45) is 0. The predicted octanol–water partition coefficient (Wildman–Crippen LogP) is 2.81. The fourth-order valence-corrected chi connectivity index (χ4v) is 2.76. The van der Waals surface area contributed by atoms with Crippen LogP contribution in [0.25, 0.3) is 0 Å². The number of anilines is 2. The molecule has 1 aliphatic heterocycles. The summed E-state index contributed by atoms with van der Waals surface area (Å²) >= 11 is 1.58. The highest BCUT2D eigenvalue weighted by molar-refractivity contribution is 8.00. The molecular formula is C14H20N2O2S. The second-order valence-electron chi connectivity index (χ2n) is 5.00. The van der Waals surface area contributed by atoms with E-state index in [1.54, 1.807) is 18.9 Å². The molecule has 0 aromatic heterocycles. The SMILES string of the molecule is COCC(Nc1ccc2c(c1)NC(=O)CS2)C(C)C. The number of methoxy groups -OCH3 is 1. The van der Waals surface area contributed by atoms with E-state index in [-0.39, 0.29) is 11.9 Å². The lowest BCUT2D eigenvalue weighted by atomic mass is 10.0. The van der Waals surface area contributed by atoms with Gasteiger partial charge >= 0.3 is 0 Å². The maximum atomic E-state index is 11.4. The third-order valence-corrected chi connectivity index (χ3v) is 4.19. The van der Waals surface area contributed by atoms with E-state index in [1.807, 2.05) is 18.2 Å². The van der Waals surface area contributed by atoms with Gasteiger partial charge in [0.25, 0.3) is 0 Å². The van der Waals surface area contributed by atoms with Crippen LogP contribution in [0.3, 0.4) is 0 Å². The molecule has 0 saturated carbocycles. The van der Waals surface area contributed by atoms with E-state index in [2.05, 4.69) is 24.5 Å². The summed E-state index contributed by atoms with van der Waals surface area (Å²) in [5, 5.41) is 6.36. The molecule has 0 fully saturated rings. The summed E-state index contributed by atoms with van der Waals surface area (Å²) in [7, 11) is 1.71. The number of benzene rings is 1. The van der Waals surface area contributed by atoms with Gasteiger partial charge in [-0.05, 0) is 24.1 Å². The lowest BCUT2D eigenvalue weighted by Gasteiger charge is -2.24. The van der Waals surface area contributed by atoms with Gasteiger partial charge in [0.1, 0.15) is 0 Å². The van der Waals surface area contributed by atoms with E-state index in [9.17, 15) is 4.79 Å². The van der Waals surface area contributed by atoms with Crippen molar-refractivity contribution in [1.82, 2.24) is 0 Å². The lowest BCUT2D eigenvalue weighted by molar-refractivity contribution is -0.113. The number of hydrogen-bond donors (Lipinski definition) is 2. The zero-order chi connectivity index (χ0) is 13.8. The first-order chi connectivity index (χ1) is 9.10. The van der Waals surface area contributed by atoms with Crippen LogP contribution in [0.1, 0.15) is 13.8 Å². The average Bonchev–Trinajstić information content (AvgIpc) is 2.37. The number of carbonyl (C=O) groups is 1. The molecule has 1 aliphatic rings. The van der Waals surface area contributed by atoms with Crippen LogP contribution in [-0.2, 0) is 9.53 Å². The zero-order valence-electron chi connectivity index (χ0n) is 11.5. The van der Waals surface area contributed by atoms with Gasteiger partial charge in [0.2, 0.25) is 5.91 Å². The second kappa shape index (κ2) is 6.30. The molecule has 1 atom stereocenters. The lowest BCUT2D eigenvalue weighted by Crippen LogP contribution is -2.30. The molecular weight excluding hydrogens is 260 g/mol. The van der Waals surface area contributed by atoms with E-state index in [4.69, 9.17) is 4.74 Å². The van der Waals surface area contributed by atoms with Crippen LogP contribution in [0, 0.1) is 5.92 Å². The van der Waals surface area contributed by atoms with Gasteiger partial charge in [0.05, 0.1) is 24.1 Å². The molecule has 0 radical (unpaired) electrons. The van der Waals surface area contributed by atoms with Crippen molar-refractivity contribution >= 4 is 29.0 Å². The van der Waals surface area contributed by atoms with Crippen LogP contribution in [0.5, 0.6) is 0 Å². The van der Waals surface area contributed by atoms with Crippen LogP contribution >= 0.6 is 11.8 Å². The minimum atomic E-state index is 0.0620. The Balaban J connectivity index is 2.12. The van der Waals surface area contributed by atoms with E-state index < -0.39 is 0 Å². The number of hydrogen-bond acceptors (Lipinski definition) is 4. The molecule has 0 spiro atoms. The van der Waals surface area contributed by atoms with Crippen molar-refractivity contribution in [3.63, 3.8) is 0 Å². The Morgan fingerprint density at radius 1 is 1.47 bits per heavy atom. The average molecular weight is 280 g/mol.